The van der Waals surface area contributed by atoms with E-state index >= 15 is 0 Å². The molecule has 0 aliphatic heterocycles. The molecule has 0 spiro atoms. The number of hydrogen-bond donors (Lipinski definition) is 1. The normalized spacial score (nSPS) is 13.9. The molecule has 0 fully saturated rings. The Labute approximate surface area is 105 Å². The molecule has 17 heavy (non-hydrogen) atoms. The zero-order valence-corrected chi connectivity index (χ0v) is 10.7. The molecule has 0 amide bonds. The second-order valence-electron chi connectivity index (χ2n) is 3.65. The summed E-state index contributed by atoms with van der Waals surface area (Å²) < 4.78 is 9.88. The molecule has 1 aromatic rings. The summed E-state index contributed by atoms with van der Waals surface area (Å²) in [6.45, 7) is 3.22. The summed E-state index contributed by atoms with van der Waals surface area (Å²) in [6, 6.07) is 4.91. The molecule has 1 rings (SSSR count). The van der Waals surface area contributed by atoms with E-state index in [9.17, 15) is 9.90 Å². The van der Waals surface area contributed by atoms with Crippen molar-refractivity contribution >= 4 is 17.6 Å². The first-order valence-electron chi connectivity index (χ1n) is 5.17. The zero-order chi connectivity index (χ0) is 13.0. The van der Waals surface area contributed by atoms with Gasteiger partial charge in [0, 0.05) is 0 Å². The van der Waals surface area contributed by atoms with Gasteiger partial charge in [-0.15, -0.1) is 0 Å². The minimum absolute atomic E-state index is 0.346. The summed E-state index contributed by atoms with van der Waals surface area (Å²) in [5, 5.41) is 9.72. The number of esters is 1. The number of halogens is 1. The monoisotopic (exact) mass is 258 g/mol. The SMILES string of the molecule is COC(=O)C(C)Oc1ccc(C(C)O)cc1Cl. The summed E-state index contributed by atoms with van der Waals surface area (Å²) in [7, 11) is 1.29. The van der Waals surface area contributed by atoms with Crippen LogP contribution in [0.2, 0.25) is 5.02 Å². The summed E-state index contributed by atoms with van der Waals surface area (Å²) in [5.74, 6) is -0.0883. The second-order valence-corrected chi connectivity index (χ2v) is 4.06. The Morgan fingerprint density at radius 3 is 2.53 bits per heavy atom. The maximum Gasteiger partial charge on any atom is 0.346 e. The van der Waals surface area contributed by atoms with Crippen LogP contribution in [0.1, 0.15) is 25.5 Å². The Morgan fingerprint density at radius 2 is 2.06 bits per heavy atom. The molecule has 94 valence electrons. The van der Waals surface area contributed by atoms with E-state index in [2.05, 4.69) is 4.74 Å². The first kappa shape index (κ1) is 13.8. The van der Waals surface area contributed by atoms with Gasteiger partial charge in [0.1, 0.15) is 5.75 Å². The fraction of sp³-hybridized carbons (Fsp3) is 0.417. The Kier molecular flexibility index (Phi) is 4.78. The van der Waals surface area contributed by atoms with E-state index < -0.39 is 18.2 Å². The van der Waals surface area contributed by atoms with Gasteiger partial charge < -0.3 is 14.6 Å². The van der Waals surface area contributed by atoms with Crippen molar-refractivity contribution in [3.63, 3.8) is 0 Å². The molecule has 0 aromatic heterocycles. The van der Waals surface area contributed by atoms with E-state index in [0.717, 1.165) is 0 Å². The van der Waals surface area contributed by atoms with Gasteiger partial charge in [0.15, 0.2) is 6.10 Å². The third-order valence-electron chi connectivity index (χ3n) is 2.28. The average molecular weight is 259 g/mol. The lowest BCUT2D eigenvalue weighted by molar-refractivity contribution is -0.147. The summed E-state index contributed by atoms with van der Waals surface area (Å²) in [5.41, 5.74) is 0.688. The molecule has 0 aliphatic rings. The number of aliphatic hydroxyl groups excluding tert-OH is 1. The fourth-order valence-electron chi connectivity index (χ4n) is 1.28. The van der Waals surface area contributed by atoms with Crippen molar-refractivity contribution in [2.24, 2.45) is 0 Å². The standard InChI is InChI=1S/C12H15ClO4/c1-7(14)9-4-5-11(10(13)6-9)17-8(2)12(15)16-3/h4-8,14H,1-3H3. The van der Waals surface area contributed by atoms with Crippen LogP contribution < -0.4 is 4.74 Å². The van der Waals surface area contributed by atoms with Gasteiger partial charge in [-0.25, -0.2) is 4.79 Å². The summed E-state index contributed by atoms with van der Waals surface area (Å²) >= 11 is 5.98. The first-order valence-corrected chi connectivity index (χ1v) is 5.55. The highest BCUT2D eigenvalue weighted by atomic mass is 35.5. The molecule has 5 heteroatoms. The predicted molar refractivity (Wildman–Crippen MR) is 64.2 cm³/mol. The molecule has 0 saturated carbocycles. The summed E-state index contributed by atoms with van der Waals surface area (Å²) in [6.07, 6.45) is -1.32. The lowest BCUT2D eigenvalue weighted by Crippen LogP contribution is -2.25. The van der Waals surface area contributed by atoms with Gasteiger partial charge in [-0.2, -0.15) is 0 Å². The summed E-state index contributed by atoms with van der Waals surface area (Å²) in [4.78, 5) is 11.2. The van der Waals surface area contributed by atoms with Crippen LogP contribution in [0.25, 0.3) is 0 Å². The minimum atomic E-state index is -0.727. The van der Waals surface area contributed by atoms with E-state index in [1.807, 2.05) is 0 Å². The van der Waals surface area contributed by atoms with E-state index in [4.69, 9.17) is 16.3 Å². The Balaban J connectivity index is 2.83. The Bertz CT molecular complexity index is 403. The van der Waals surface area contributed by atoms with Crippen LogP contribution in [0.4, 0.5) is 0 Å². The molecule has 0 bridgehead atoms. The lowest BCUT2D eigenvalue weighted by atomic mass is 10.1. The van der Waals surface area contributed by atoms with Gasteiger partial charge in [0.25, 0.3) is 0 Å². The van der Waals surface area contributed by atoms with Crippen molar-refractivity contribution in [1.82, 2.24) is 0 Å². The third kappa shape index (κ3) is 3.61. The zero-order valence-electron chi connectivity index (χ0n) is 9.94. The minimum Gasteiger partial charge on any atom is -0.477 e. The smallest absolute Gasteiger partial charge is 0.346 e. The lowest BCUT2D eigenvalue weighted by Gasteiger charge is -2.14. The highest BCUT2D eigenvalue weighted by Crippen LogP contribution is 2.28. The van der Waals surface area contributed by atoms with Crippen LogP contribution in [-0.2, 0) is 9.53 Å². The quantitative estimate of drug-likeness (QED) is 0.843. The molecule has 0 aliphatic carbocycles. The van der Waals surface area contributed by atoms with Crippen LogP contribution in [0.15, 0.2) is 18.2 Å². The molecule has 0 heterocycles. The van der Waals surface area contributed by atoms with Crippen molar-refractivity contribution < 1.29 is 19.4 Å². The number of hydrogen-bond acceptors (Lipinski definition) is 4. The van der Waals surface area contributed by atoms with Crippen LogP contribution in [0.5, 0.6) is 5.75 Å². The number of rotatable bonds is 4. The number of methoxy groups -OCH3 is 1. The average Bonchev–Trinajstić information content (AvgIpc) is 2.30. The molecule has 0 saturated heterocycles. The van der Waals surface area contributed by atoms with E-state index in [1.54, 1.807) is 32.0 Å². The van der Waals surface area contributed by atoms with E-state index in [1.165, 1.54) is 7.11 Å². The van der Waals surface area contributed by atoms with Gasteiger partial charge in [0.2, 0.25) is 0 Å². The van der Waals surface area contributed by atoms with Crippen molar-refractivity contribution in [3.05, 3.63) is 28.8 Å². The van der Waals surface area contributed by atoms with Crippen LogP contribution in [-0.4, -0.2) is 24.3 Å². The highest BCUT2D eigenvalue weighted by molar-refractivity contribution is 6.32. The van der Waals surface area contributed by atoms with Gasteiger partial charge in [-0.05, 0) is 31.5 Å². The van der Waals surface area contributed by atoms with Crippen LogP contribution in [0.3, 0.4) is 0 Å². The van der Waals surface area contributed by atoms with Gasteiger partial charge in [0.05, 0.1) is 18.2 Å². The van der Waals surface area contributed by atoms with Crippen LogP contribution >= 0.6 is 11.6 Å². The van der Waals surface area contributed by atoms with Crippen molar-refractivity contribution in [2.75, 3.05) is 7.11 Å². The Morgan fingerprint density at radius 1 is 1.41 bits per heavy atom. The Hall–Kier alpha value is -1.26. The maximum atomic E-state index is 11.2. The molecule has 2 atom stereocenters. The van der Waals surface area contributed by atoms with Gasteiger partial charge >= 0.3 is 5.97 Å². The van der Waals surface area contributed by atoms with E-state index in [-0.39, 0.29) is 0 Å². The second kappa shape index (κ2) is 5.89. The first-order chi connectivity index (χ1) is 7.95. The molecule has 2 unspecified atom stereocenters. The highest BCUT2D eigenvalue weighted by Gasteiger charge is 2.16. The maximum absolute atomic E-state index is 11.2. The largest absolute Gasteiger partial charge is 0.477 e. The van der Waals surface area contributed by atoms with Crippen LogP contribution in [0, 0.1) is 0 Å². The molecular formula is C12H15ClO4. The molecule has 4 nitrogen and oxygen atoms in total. The molecule has 0 radical (unpaired) electrons. The van der Waals surface area contributed by atoms with Crippen molar-refractivity contribution in [2.45, 2.75) is 26.1 Å². The number of ether oxygens (including phenoxy) is 2. The predicted octanol–water partition coefficient (Wildman–Crippen LogP) is 2.33. The fourth-order valence-corrected chi connectivity index (χ4v) is 1.51. The van der Waals surface area contributed by atoms with E-state index in [0.29, 0.717) is 16.3 Å². The molecular weight excluding hydrogens is 244 g/mol. The van der Waals surface area contributed by atoms with Crippen molar-refractivity contribution in [1.29, 1.82) is 0 Å². The number of carbonyl (C=O) groups excluding carboxylic acids is 1. The van der Waals surface area contributed by atoms with Gasteiger partial charge in [-0.3, -0.25) is 0 Å². The van der Waals surface area contributed by atoms with Crippen molar-refractivity contribution in [3.8, 4) is 5.75 Å². The number of benzene rings is 1. The topological polar surface area (TPSA) is 55.8 Å². The number of aliphatic hydroxyl groups is 1. The van der Waals surface area contributed by atoms with Gasteiger partial charge in [-0.1, -0.05) is 17.7 Å². The third-order valence-corrected chi connectivity index (χ3v) is 2.57. The molecule has 1 aromatic carbocycles. The molecule has 1 N–H and O–H groups in total. The number of carbonyl (C=O) groups is 1.